The Kier molecular flexibility index (Phi) is 5.09. The lowest BCUT2D eigenvalue weighted by Crippen LogP contribution is -2.29. The predicted molar refractivity (Wildman–Crippen MR) is 112 cm³/mol. The zero-order chi connectivity index (χ0) is 21.1. The molecule has 7 nitrogen and oxygen atoms in total. The fraction of sp³-hybridized carbons (Fsp3) is 0.0435. The summed E-state index contributed by atoms with van der Waals surface area (Å²) in [5.41, 5.74) is 3.06. The van der Waals surface area contributed by atoms with Gasteiger partial charge in [-0.25, -0.2) is 4.98 Å². The second-order valence-corrected chi connectivity index (χ2v) is 6.58. The van der Waals surface area contributed by atoms with Crippen molar-refractivity contribution in [3.8, 4) is 28.1 Å². The lowest BCUT2D eigenvalue weighted by atomic mass is 9.99. The van der Waals surface area contributed by atoms with E-state index in [4.69, 9.17) is 5.11 Å². The summed E-state index contributed by atoms with van der Waals surface area (Å²) in [5, 5.41) is 22.1. The molecule has 0 spiro atoms. The van der Waals surface area contributed by atoms with Crippen LogP contribution in [0.3, 0.4) is 0 Å². The third-order valence-electron chi connectivity index (χ3n) is 4.59. The largest absolute Gasteiger partial charge is 0.506 e. The average Bonchev–Trinajstić information content (AvgIpc) is 2.78. The van der Waals surface area contributed by atoms with Gasteiger partial charge in [-0.05, 0) is 11.6 Å². The van der Waals surface area contributed by atoms with Crippen LogP contribution in [0.1, 0.15) is 10.4 Å². The maximum absolute atomic E-state index is 12.7. The van der Waals surface area contributed by atoms with Gasteiger partial charge < -0.3 is 15.5 Å². The average molecular weight is 399 g/mol. The van der Waals surface area contributed by atoms with Gasteiger partial charge in [0.1, 0.15) is 23.4 Å². The van der Waals surface area contributed by atoms with Gasteiger partial charge in [0.25, 0.3) is 5.91 Å². The van der Waals surface area contributed by atoms with E-state index in [1.807, 2.05) is 48.5 Å². The number of fused-ring (bicyclic) bond motifs is 1. The molecule has 1 aromatic heterocycles. The van der Waals surface area contributed by atoms with E-state index >= 15 is 0 Å². The van der Waals surface area contributed by atoms with Gasteiger partial charge in [-0.3, -0.25) is 14.6 Å². The summed E-state index contributed by atoms with van der Waals surface area (Å²) in [7, 11) is 0. The van der Waals surface area contributed by atoms with Crippen molar-refractivity contribution in [1.82, 2.24) is 15.3 Å². The highest BCUT2D eigenvalue weighted by Crippen LogP contribution is 2.37. The molecule has 4 rings (SSSR count). The minimum Gasteiger partial charge on any atom is -0.506 e. The van der Waals surface area contributed by atoms with Crippen molar-refractivity contribution in [1.29, 1.82) is 0 Å². The highest BCUT2D eigenvalue weighted by atomic mass is 16.4. The van der Waals surface area contributed by atoms with Gasteiger partial charge >= 0.3 is 5.97 Å². The Morgan fingerprint density at radius 3 is 2.20 bits per heavy atom. The van der Waals surface area contributed by atoms with Crippen LogP contribution < -0.4 is 5.32 Å². The number of benzene rings is 3. The van der Waals surface area contributed by atoms with Gasteiger partial charge in [0, 0.05) is 11.1 Å². The van der Waals surface area contributed by atoms with Crippen molar-refractivity contribution in [3.63, 3.8) is 0 Å². The first kappa shape index (κ1) is 19.1. The standard InChI is InChI=1S/C23H17N3O4/c27-19(28)13-25-23(30)20-21-17(11-16(22(20)29)14-7-3-1-4-8-14)26-18(12-24-21)15-9-5-2-6-10-15/h1-12,29H,13H2,(H,25,30)(H,27,28). The molecule has 0 aliphatic rings. The number of carboxylic acid groups (broad SMARTS) is 1. The molecule has 0 radical (unpaired) electrons. The molecule has 3 aromatic carbocycles. The topological polar surface area (TPSA) is 112 Å². The van der Waals surface area contributed by atoms with E-state index < -0.39 is 18.4 Å². The van der Waals surface area contributed by atoms with Gasteiger partial charge in [0.2, 0.25) is 0 Å². The Bertz CT molecular complexity index is 1240. The maximum Gasteiger partial charge on any atom is 0.322 e. The first-order chi connectivity index (χ1) is 14.5. The Balaban J connectivity index is 1.94. The summed E-state index contributed by atoms with van der Waals surface area (Å²) in [5.74, 6) is -2.21. The van der Waals surface area contributed by atoms with Crippen molar-refractivity contribution in [2.24, 2.45) is 0 Å². The van der Waals surface area contributed by atoms with Crippen LogP contribution in [0.25, 0.3) is 33.4 Å². The van der Waals surface area contributed by atoms with E-state index in [2.05, 4.69) is 15.3 Å². The molecular weight excluding hydrogens is 382 g/mol. The summed E-state index contributed by atoms with van der Waals surface area (Å²) < 4.78 is 0. The summed E-state index contributed by atoms with van der Waals surface area (Å²) in [6.07, 6.45) is 1.52. The number of carboxylic acids is 1. The van der Waals surface area contributed by atoms with Crippen molar-refractivity contribution in [2.45, 2.75) is 0 Å². The van der Waals surface area contributed by atoms with Crippen molar-refractivity contribution >= 4 is 22.9 Å². The first-order valence-electron chi connectivity index (χ1n) is 9.18. The monoisotopic (exact) mass is 399 g/mol. The number of aliphatic carboxylic acids is 1. The summed E-state index contributed by atoms with van der Waals surface area (Å²) in [6.45, 7) is -0.579. The third kappa shape index (κ3) is 3.68. The number of amides is 1. The van der Waals surface area contributed by atoms with Gasteiger partial charge in [-0.1, -0.05) is 60.7 Å². The number of rotatable bonds is 5. The number of aromatic nitrogens is 2. The molecule has 30 heavy (non-hydrogen) atoms. The van der Waals surface area contributed by atoms with Crippen LogP contribution in [0.4, 0.5) is 0 Å². The molecule has 4 aromatic rings. The molecule has 148 valence electrons. The minimum atomic E-state index is -1.19. The van der Waals surface area contributed by atoms with Gasteiger partial charge in [-0.2, -0.15) is 0 Å². The number of carbonyl (C=O) groups excluding carboxylic acids is 1. The van der Waals surface area contributed by atoms with Gasteiger partial charge in [-0.15, -0.1) is 0 Å². The number of carbonyl (C=O) groups is 2. The summed E-state index contributed by atoms with van der Waals surface area (Å²) in [6, 6.07) is 20.2. The molecule has 7 heteroatoms. The minimum absolute atomic E-state index is 0.111. The number of hydrogen-bond acceptors (Lipinski definition) is 5. The molecule has 3 N–H and O–H groups in total. The van der Waals surface area contributed by atoms with Crippen LogP contribution in [0.2, 0.25) is 0 Å². The lowest BCUT2D eigenvalue weighted by Gasteiger charge is -2.13. The van der Waals surface area contributed by atoms with E-state index in [0.717, 1.165) is 5.56 Å². The first-order valence-corrected chi connectivity index (χ1v) is 9.18. The second-order valence-electron chi connectivity index (χ2n) is 6.58. The zero-order valence-corrected chi connectivity index (χ0v) is 15.7. The van der Waals surface area contributed by atoms with Crippen LogP contribution >= 0.6 is 0 Å². The van der Waals surface area contributed by atoms with E-state index in [1.54, 1.807) is 18.2 Å². The van der Waals surface area contributed by atoms with Crippen LogP contribution in [0.5, 0.6) is 5.75 Å². The predicted octanol–water partition coefficient (Wildman–Crippen LogP) is 3.48. The molecule has 0 fully saturated rings. The molecule has 0 unspecified atom stereocenters. The van der Waals surface area contributed by atoms with Crippen molar-refractivity contribution < 1.29 is 19.8 Å². The molecule has 0 bridgehead atoms. The molecule has 0 aliphatic heterocycles. The maximum atomic E-state index is 12.7. The number of aromatic hydroxyl groups is 1. The highest BCUT2D eigenvalue weighted by molar-refractivity contribution is 6.10. The summed E-state index contributed by atoms with van der Waals surface area (Å²) >= 11 is 0. The smallest absolute Gasteiger partial charge is 0.322 e. The fourth-order valence-electron chi connectivity index (χ4n) is 3.19. The normalized spacial score (nSPS) is 10.7. The van der Waals surface area contributed by atoms with Crippen LogP contribution in [0.15, 0.2) is 72.9 Å². The zero-order valence-electron chi connectivity index (χ0n) is 15.7. The fourth-order valence-corrected chi connectivity index (χ4v) is 3.19. The number of nitrogens with zero attached hydrogens (tertiary/aromatic N) is 2. The molecule has 0 saturated heterocycles. The lowest BCUT2D eigenvalue weighted by molar-refractivity contribution is -0.135. The van der Waals surface area contributed by atoms with E-state index in [0.29, 0.717) is 22.3 Å². The van der Waals surface area contributed by atoms with Crippen molar-refractivity contribution in [2.75, 3.05) is 6.54 Å². The second kappa shape index (κ2) is 8.00. The van der Waals surface area contributed by atoms with Crippen LogP contribution in [-0.4, -0.2) is 38.6 Å². The third-order valence-corrected chi connectivity index (χ3v) is 4.59. The van der Waals surface area contributed by atoms with Crippen molar-refractivity contribution in [3.05, 3.63) is 78.5 Å². The summed E-state index contributed by atoms with van der Waals surface area (Å²) in [4.78, 5) is 32.6. The number of nitrogens with one attached hydrogen (secondary N) is 1. The van der Waals surface area contributed by atoms with E-state index in [1.165, 1.54) is 6.20 Å². The quantitative estimate of drug-likeness (QED) is 0.474. The van der Waals surface area contributed by atoms with Crippen LogP contribution in [0, 0.1) is 0 Å². The SMILES string of the molecule is O=C(O)CNC(=O)c1c(O)c(-c2ccccc2)cc2nc(-c3ccccc3)cnc12. The number of phenolic OH excluding ortho intramolecular Hbond substituents is 1. The van der Waals surface area contributed by atoms with E-state index in [-0.39, 0.29) is 16.8 Å². The molecule has 0 aliphatic carbocycles. The molecule has 0 atom stereocenters. The van der Waals surface area contributed by atoms with Gasteiger partial charge in [0.15, 0.2) is 0 Å². The Hall–Kier alpha value is -4.26. The molecular formula is C23H17N3O4. The Morgan fingerprint density at radius 2 is 1.57 bits per heavy atom. The van der Waals surface area contributed by atoms with E-state index in [9.17, 15) is 14.7 Å². The highest BCUT2D eigenvalue weighted by Gasteiger charge is 2.22. The molecule has 1 amide bonds. The Morgan fingerprint density at radius 1 is 0.933 bits per heavy atom. The number of hydrogen-bond donors (Lipinski definition) is 3. The number of phenols is 1. The molecule has 1 heterocycles. The van der Waals surface area contributed by atoms with Crippen LogP contribution in [-0.2, 0) is 4.79 Å². The van der Waals surface area contributed by atoms with Gasteiger partial charge in [0.05, 0.1) is 17.4 Å². The Labute approximate surface area is 171 Å². The molecule has 0 saturated carbocycles.